The fraction of sp³-hybridized carbons (Fsp3) is 0.222. The molecule has 0 spiro atoms. The van der Waals surface area contributed by atoms with Crippen molar-refractivity contribution in [2.45, 2.75) is 6.92 Å². The zero-order valence-corrected chi connectivity index (χ0v) is 10.3. The quantitative estimate of drug-likeness (QED) is 0.890. The van der Waals surface area contributed by atoms with Gasteiger partial charge in [0.15, 0.2) is 5.75 Å². The summed E-state index contributed by atoms with van der Waals surface area (Å²) in [7, 11) is 1.43. The van der Waals surface area contributed by atoms with E-state index in [4.69, 9.17) is 39.5 Å². The van der Waals surface area contributed by atoms with E-state index < -0.39 is 0 Å². The van der Waals surface area contributed by atoms with E-state index in [-0.39, 0.29) is 21.7 Å². The Labute approximate surface area is 102 Å². The SMILES string of the molecule is COc1c(Cl)cc(Cl)c(NC(C)=O)c1Cl. The molecule has 15 heavy (non-hydrogen) atoms. The highest BCUT2D eigenvalue weighted by Crippen LogP contribution is 2.42. The van der Waals surface area contributed by atoms with Gasteiger partial charge in [-0.2, -0.15) is 0 Å². The Morgan fingerprint density at radius 2 is 1.93 bits per heavy atom. The van der Waals surface area contributed by atoms with Crippen molar-refractivity contribution in [1.82, 2.24) is 0 Å². The monoisotopic (exact) mass is 267 g/mol. The van der Waals surface area contributed by atoms with E-state index in [0.29, 0.717) is 10.7 Å². The third kappa shape index (κ3) is 2.68. The second-order valence-electron chi connectivity index (χ2n) is 2.74. The molecule has 0 radical (unpaired) electrons. The molecule has 82 valence electrons. The predicted octanol–water partition coefficient (Wildman–Crippen LogP) is 3.61. The van der Waals surface area contributed by atoms with Crippen LogP contribution in [0.1, 0.15) is 6.92 Å². The molecule has 0 aliphatic carbocycles. The second kappa shape index (κ2) is 4.92. The summed E-state index contributed by atoms with van der Waals surface area (Å²) < 4.78 is 4.98. The highest BCUT2D eigenvalue weighted by Gasteiger charge is 2.16. The molecule has 1 N–H and O–H groups in total. The molecule has 0 bridgehead atoms. The molecule has 1 aromatic carbocycles. The number of amides is 1. The maximum absolute atomic E-state index is 10.9. The van der Waals surface area contributed by atoms with E-state index in [9.17, 15) is 4.79 Å². The molecule has 6 heteroatoms. The summed E-state index contributed by atoms with van der Waals surface area (Å²) in [6.07, 6.45) is 0. The highest BCUT2D eigenvalue weighted by atomic mass is 35.5. The zero-order valence-electron chi connectivity index (χ0n) is 8.03. The topological polar surface area (TPSA) is 38.3 Å². The summed E-state index contributed by atoms with van der Waals surface area (Å²) in [5.74, 6) is 0.00894. The third-order valence-corrected chi connectivity index (χ3v) is 2.57. The third-order valence-electron chi connectivity index (χ3n) is 1.63. The molecule has 3 nitrogen and oxygen atoms in total. The van der Waals surface area contributed by atoms with Crippen LogP contribution >= 0.6 is 34.8 Å². The molecule has 0 aromatic heterocycles. The molecule has 0 aliphatic heterocycles. The van der Waals surface area contributed by atoms with Crippen LogP contribution in [0.2, 0.25) is 15.1 Å². The van der Waals surface area contributed by atoms with Gasteiger partial charge >= 0.3 is 0 Å². The fourth-order valence-corrected chi connectivity index (χ4v) is 2.06. The molecule has 1 aromatic rings. The number of benzene rings is 1. The van der Waals surface area contributed by atoms with Gasteiger partial charge in [0.25, 0.3) is 0 Å². The van der Waals surface area contributed by atoms with Gasteiger partial charge in [-0.3, -0.25) is 4.79 Å². The van der Waals surface area contributed by atoms with E-state index in [1.165, 1.54) is 20.1 Å². The summed E-state index contributed by atoms with van der Waals surface area (Å²) >= 11 is 17.7. The van der Waals surface area contributed by atoms with Crippen molar-refractivity contribution in [3.63, 3.8) is 0 Å². The van der Waals surface area contributed by atoms with Crippen LogP contribution in [0, 0.1) is 0 Å². The molecule has 1 amide bonds. The molecule has 1 rings (SSSR count). The Morgan fingerprint density at radius 1 is 1.33 bits per heavy atom. The van der Waals surface area contributed by atoms with Crippen LogP contribution in [0.5, 0.6) is 5.75 Å². The van der Waals surface area contributed by atoms with Crippen LogP contribution in [0.4, 0.5) is 5.69 Å². The van der Waals surface area contributed by atoms with Gasteiger partial charge in [-0.05, 0) is 6.07 Å². The first-order valence-corrected chi connectivity index (χ1v) is 5.09. The van der Waals surface area contributed by atoms with Gasteiger partial charge in [0.1, 0.15) is 5.02 Å². The largest absolute Gasteiger partial charge is 0.494 e. The number of carbonyl (C=O) groups excluding carboxylic acids is 1. The van der Waals surface area contributed by atoms with E-state index in [1.54, 1.807) is 0 Å². The number of hydrogen-bond acceptors (Lipinski definition) is 2. The Morgan fingerprint density at radius 3 is 2.40 bits per heavy atom. The summed E-state index contributed by atoms with van der Waals surface area (Å²) in [5, 5.41) is 3.25. The van der Waals surface area contributed by atoms with Crippen molar-refractivity contribution in [3.05, 3.63) is 21.1 Å². The van der Waals surface area contributed by atoms with Crippen LogP contribution < -0.4 is 10.1 Å². The molecular formula is C9H8Cl3NO2. The molecule has 0 unspecified atom stereocenters. The van der Waals surface area contributed by atoms with Crippen LogP contribution in [0.15, 0.2) is 6.07 Å². The van der Waals surface area contributed by atoms with Crippen molar-refractivity contribution in [1.29, 1.82) is 0 Å². The number of nitrogens with one attached hydrogen (secondary N) is 1. The van der Waals surface area contributed by atoms with Gasteiger partial charge in [0, 0.05) is 6.92 Å². The lowest BCUT2D eigenvalue weighted by Gasteiger charge is -2.12. The predicted molar refractivity (Wildman–Crippen MR) is 62.3 cm³/mol. The van der Waals surface area contributed by atoms with E-state index in [2.05, 4.69) is 5.32 Å². The van der Waals surface area contributed by atoms with Gasteiger partial charge in [0.2, 0.25) is 5.91 Å². The van der Waals surface area contributed by atoms with Crippen LogP contribution in [-0.2, 0) is 4.79 Å². The first-order chi connectivity index (χ1) is 6.97. The minimum absolute atomic E-state index is 0.185. The zero-order chi connectivity index (χ0) is 11.6. The Bertz CT molecular complexity index is 407. The maximum atomic E-state index is 10.9. The van der Waals surface area contributed by atoms with Gasteiger partial charge < -0.3 is 10.1 Å². The lowest BCUT2D eigenvalue weighted by molar-refractivity contribution is -0.114. The number of halogens is 3. The van der Waals surface area contributed by atoms with Gasteiger partial charge in [-0.25, -0.2) is 0 Å². The molecule has 0 heterocycles. The number of methoxy groups -OCH3 is 1. The Hall–Kier alpha value is -0.640. The van der Waals surface area contributed by atoms with Gasteiger partial charge in [0.05, 0.1) is 22.8 Å². The molecule has 0 saturated carbocycles. The standard InChI is InChI=1S/C9H8Cl3NO2/c1-4(14)13-8-5(10)3-6(11)9(15-2)7(8)12/h3H,1-2H3,(H,13,14). The smallest absolute Gasteiger partial charge is 0.221 e. The summed E-state index contributed by atoms with van der Waals surface area (Å²) in [6, 6.07) is 1.46. The normalized spacial score (nSPS) is 9.93. The number of anilines is 1. The van der Waals surface area contributed by atoms with Crippen molar-refractivity contribution in [2.24, 2.45) is 0 Å². The first kappa shape index (κ1) is 12.4. The van der Waals surface area contributed by atoms with E-state index in [0.717, 1.165) is 0 Å². The summed E-state index contributed by atoms with van der Waals surface area (Å²) in [5.41, 5.74) is 0.298. The van der Waals surface area contributed by atoms with E-state index >= 15 is 0 Å². The van der Waals surface area contributed by atoms with Crippen LogP contribution in [0.3, 0.4) is 0 Å². The minimum Gasteiger partial charge on any atom is -0.494 e. The number of rotatable bonds is 2. The number of ether oxygens (including phenoxy) is 1. The molecule has 0 saturated heterocycles. The second-order valence-corrected chi connectivity index (χ2v) is 3.94. The van der Waals surface area contributed by atoms with Crippen molar-refractivity contribution < 1.29 is 9.53 Å². The highest BCUT2D eigenvalue weighted by molar-refractivity contribution is 6.44. The van der Waals surface area contributed by atoms with Gasteiger partial charge in [-0.1, -0.05) is 34.8 Å². The number of hydrogen-bond donors (Lipinski definition) is 1. The average Bonchev–Trinajstić information content (AvgIpc) is 2.12. The van der Waals surface area contributed by atoms with E-state index in [1.807, 2.05) is 0 Å². The molecular weight excluding hydrogens is 260 g/mol. The van der Waals surface area contributed by atoms with Crippen LogP contribution in [-0.4, -0.2) is 13.0 Å². The van der Waals surface area contributed by atoms with Crippen LogP contribution in [0.25, 0.3) is 0 Å². The molecule has 0 atom stereocenters. The van der Waals surface area contributed by atoms with Crippen molar-refractivity contribution in [2.75, 3.05) is 12.4 Å². The fourth-order valence-electron chi connectivity index (χ4n) is 1.05. The lowest BCUT2D eigenvalue weighted by Crippen LogP contribution is -2.07. The molecule has 0 fully saturated rings. The summed E-state index contributed by atoms with van der Waals surface area (Å²) in [6.45, 7) is 1.35. The number of carbonyl (C=O) groups is 1. The van der Waals surface area contributed by atoms with Gasteiger partial charge in [-0.15, -0.1) is 0 Å². The average molecular weight is 269 g/mol. The Balaban J connectivity index is 3.32. The molecule has 0 aliphatic rings. The lowest BCUT2D eigenvalue weighted by atomic mass is 10.3. The maximum Gasteiger partial charge on any atom is 0.221 e. The van der Waals surface area contributed by atoms with Crippen molar-refractivity contribution >= 4 is 46.4 Å². The first-order valence-electron chi connectivity index (χ1n) is 3.96. The van der Waals surface area contributed by atoms with Crippen molar-refractivity contribution in [3.8, 4) is 5.75 Å². The minimum atomic E-state index is -0.275. The Kier molecular flexibility index (Phi) is 4.08. The summed E-state index contributed by atoms with van der Waals surface area (Å²) in [4.78, 5) is 10.9.